The number of rotatable bonds is 1. The molecule has 0 aromatic rings. The monoisotopic (exact) mass is 212 g/mol. The molecule has 0 bridgehead atoms. The third kappa shape index (κ3) is 2.36. The maximum atomic E-state index is 9.15. The molecule has 1 saturated carbocycles. The Morgan fingerprint density at radius 1 is 1.33 bits per heavy atom. The highest BCUT2D eigenvalue weighted by Crippen LogP contribution is 2.50. The van der Waals surface area contributed by atoms with Crippen molar-refractivity contribution < 1.29 is 9.84 Å². The van der Waals surface area contributed by atoms with Gasteiger partial charge in [-0.15, -0.1) is 0 Å². The zero-order valence-corrected chi connectivity index (χ0v) is 10.3. The molecule has 1 saturated heterocycles. The Balaban J connectivity index is 2.08. The Morgan fingerprint density at radius 3 is 2.60 bits per heavy atom. The third-order valence-electron chi connectivity index (χ3n) is 3.96. The smallest absolute Gasteiger partial charge is 0.0814 e. The fraction of sp³-hybridized carbons (Fsp3) is 1.00. The van der Waals surface area contributed by atoms with Crippen LogP contribution in [0.15, 0.2) is 0 Å². The van der Waals surface area contributed by atoms with Crippen LogP contribution in [-0.2, 0) is 4.74 Å². The van der Waals surface area contributed by atoms with Crippen LogP contribution in [-0.4, -0.2) is 23.4 Å². The molecule has 15 heavy (non-hydrogen) atoms. The van der Waals surface area contributed by atoms with Gasteiger partial charge < -0.3 is 9.84 Å². The highest BCUT2D eigenvalue weighted by atomic mass is 16.5. The average molecular weight is 212 g/mol. The summed E-state index contributed by atoms with van der Waals surface area (Å²) in [6.07, 6.45) is 5.95. The lowest BCUT2D eigenvalue weighted by molar-refractivity contribution is -0.113. The second-order valence-corrected chi connectivity index (χ2v) is 6.50. The Kier molecular flexibility index (Phi) is 2.85. The quantitative estimate of drug-likeness (QED) is 0.724. The minimum Gasteiger partial charge on any atom is -0.394 e. The first-order valence-corrected chi connectivity index (χ1v) is 6.23. The Bertz CT molecular complexity index is 237. The molecule has 0 unspecified atom stereocenters. The van der Waals surface area contributed by atoms with Gasteiger partial charge >= 0.3 is 0 Å². The van der Waals surface area contributed by atoms with E-state index in [9.17, 15) is 0 Å². The maximum absolute atomic E-state index is 9.15. The molecule has 0 aromatic heterocycles. The van der Waals surface area contributed by atoms with Gasteiger partial charge in [0, 0.05) is 0 Å². The van der Waals surface area contributed by atoms with Crippen molar-refractivity contribution in [1.82, 2.24) is 0 Å². The topological polar surface area (TPSA) is 29.5 Å². The molecular weight excluding hydrogens is 188 g/mol. The van der Waals surface area contributed by atoms with Crippen LogP contribution in [0.5, 0.6) is 0 Å². The molecule has 0 aromatic carbocycles. The van der Waals surface area contributed by atoms with Crippen molar-refractivity contribution in [3.63, 3.8) is 0 Å². The number of aliphatic hydroxyl groups is 1. The molecule has 1 aliphatic heterocycles. The van der Waals surface area contributed by atoms with Crippen LogP contribution >= 0.6 is 0 Å². The van der Waals surface area contributed by atoms with Gasteiger partial charge in [-0.3, -0.25) is 0 Å². The molecule has 0 radical (unpaired) electrons. The molecule has 1 N–H and O–H groups in total. The predicted octanol–water partition coefficient (Wildman–Crippen LogP) is 2.74. The molecule has 88 valence electrons. The van der Waals surface area contributed by atoms with Gasteiger partial charge in [0.25, 0.3) is 0 Å². The van der Waals surface area contributed by atoms with Gasteiger partial charge in [-0.05, 0) is 43.4 Å². The van der Waals surface area contributed by atoms with Crippen LogP contribution in [0.25, 0.3) is 0 Å². The summed E-state index contributed by atoms with van der Waals surface area (Å²) in [5.41, 5.74) is 0.497. The summed E-state index contributed by atoms with van der Waals surface area (Å²) in [5, 5.41) is 9.15. The van der Waals surface area contributed by atoms with Crippen molar-refractivity contribution in [2.45, 2.75) is 64.6 Å². The molecule has 2 fully saturated rings. The Hall–Kier alpha value is -0.0800. The molecule has 2 aliphatic rings. The molecular formula is C13H24O2. The van der Waals surface area contributed by atoms with Gasteiger partial charge in [0.1, 0.15) is 0 Å². The van der Waals surface area contributed by atoms with Crippen LogP contribution in [0.1, 0.15) is 52.9 Å². The summed E-state index contributed by atoms with van der Waals surface area (Å²) in [4.78, 5) is 0. The second-order valence-electron chi connectivity index (χ2n) is 6.50. The summed E-state index contributed by atoms with van der Waals surface area (Å²) in [7, 11) is 0. The lowest BCUT2D eigenvalue weighted by Crippen LogP contribution is -2.42. The number of ether oxygens (including phenoxy) is 1. The zero-order valence-electron chi connectivity index (χ0n) is 10.3. The third-order valence-corrected chi connectivity index (χ3v) is 3.96. The van der Waals surface area contributed by atoms with Gasteiger partial charge in [-0.25, -0.2) is 0 Å². The highest BCUT2D eigenvalue weighted by Gasteiger charge is 2.47. The van der Waals surface area contributed by atoms with Gasteiger partial charge in [0.15, 0.2) is 0 Å². The van der Waals surface area contributed by atoms with E-state index in [0.717, 1.165) is 18.8 Å². The van der Waals surface area contributed by atoms with Crippen LogP contribution in [0, 0.1) is 11.3 Å². The van der Waals surface area contributed by atoms with E-state index in [1.165, 1.54) is 19.3 Å². The van der Waals surface area contributed by atoms with E-state index in [-0.39, 0.29) is 18.3 Å². The molecule has 0 amide bonds. The van der Waals surface area contributed by atoms with Crippen molar-refractivity contribution in [2.24, 2.45) is 11.3 Å². The number of aliphatic hydroxyl groups excluding tert-OH is 1. The van der Waals surface area contributed by atoms with E-state index in [2.05, 4.69) is 20.8 Å². The first-order valence-electron chi connectivity index (χ1n) is 6.23. The maximum Gasteiger partial charge on any atom is 0.0814 e. The fourth-order valence-electron chi connectivity index (χ4n) is 3.97. The van der Waals surface area contributed by atoms with E-state index in [1.54, 1.807) is 0 Å². The summed E-state index contributed by atoms with van der Waals surface area (Å²) >= 11 is 0. The van der Waals surface area contributed by atoms with Gasteiger partial charge in [0.2, 0.25) is 0 Å². The first kappa shape index (κ1) is 11.4. The van der Waals surface area contributed by atoms with E-state index in [4.69, 9.17) is 9.84 Å². The summed E-state index contributed by atoms with van der Waals surface area (Å²) in [5.74, 6) is 0.756. The minimum absolute atomic E-state index is 0.0918. The van der Waals surface area contributed by atoms with Gasteiger partial charge in [0.05, 0.1) is 18.3 Å². The molecule has 2 heteroatoms. The lowest BCUT2D eigenvalue weighted by atomic mass is 9.65. The van der Waals surface area contributed by atoms with Crippen molar-refractivity contribution in [3.8, 4) is 0 Å². The lowest BCUT2D eigenvalue weighted by Gasteiger charge is -2.45. The number of hydrogen-bond donors (Lipinski definition) is 1. The average Bonchev–Trinajstić information content (AvgIpc) is 2.44. The van der Waals surface area contributed by atoms with Crippen LogP contribution in [0.2, 0.25) is 0 Å². The van der Waals surface area contributed by atoms with Crippen LogP contribution in [0.4, 0.5) is 0 Å². The van der Waals surface area contributed by atoms with Crippen LogP contribution in [0.3, 0.4) is 0 Å². The standard InChI is InChI=1S/C13H24O2/c1-10-6-12(2,3)9-13(7-10)5-4-11(8-14)15-13/h10-11,14H,4-9H2,1-3H3/t10-,11-,13+/m1/s1. The van der Waals surface area contributed by atoms with Crippen LogP contribution < -0.4 is 0 Å². The van der Waals surface area contributed by atoms with E-state index < -0.39 is 0 Å². The van der Waals surface area contributed by atoms with Crippen molar-refractivity contribution in [3.05, 3.63) is 0 Å². The molecule has 1 spiro atoms. The fourth-order valence-corrected chi connectivity index (χ4v) is 3.97. The molecule has 2 rings (SSSR count). The molecule has 2 nitrogen and oxygen atoms in total. The molecule has 1 aliphatic carbocycles. The summed E-state index contributed by atoms with van der Waals surface area (Å²) < 4.78 is 6.10. The SMILES string of the molecule is C[C@@H]1CC(C)(C)C[C@]2(CC[C@H](CO)O2)C1. The first-order chi connectivity index (χ1) is 6.95. The van der Waals surface area contributed by atoms with Crippen molar-refractivity contribution in [2.75, 3.05) is 6.61 Å². The minimum atomic E-state index is 0.0918. The van der Waals surface area contributed by atoms with Gasteiger partial charge in [-0.2, -0.15) is 0 Å². The Morgan fingerprint density at radius 2 is 2.07 bits per heavy atom. The Labute approximate surface area is 93.0 Å². The number of hydrogen-bond acceptors (Lipinski definition) is 2. The largest absolute Gasteiger partial charge is 0.394 e. The highest BCUT2D eigenvalue weighted by molar-refractivity contribution is 4.98. The second kappa shape index (κ2) is 3.74. The van der Waals surface area contributed by atoms with Crippen molar-refractivity contribution in [1.29, 1.82) is 0 Å². The summed E-state index contributed by atoms with van der Waals surface area (Å²) in [6.45, 7) is 7.22. The zero-order chi connectivity index (χ0) is 11.1. The van der Waals surface area contributed by atoms with E-state index in [0.29, 0.717) is 5.41 Å². The van der Waals surface area contributed by atoms with Crippen molar-refractivity contribution >= 4 is 0 Å². The van der Waals surface area contributed by atoms with E-state index in [1.807, 2.05) is 0 Å². The van der Waals surface area contributed by atoms with Gasteiger partial charge in [-0.1, -0.05) is 20.8 Å². The summed E-state index contributed by atoms with van der Waals surface area (Å²) in [6, 6.07) is 0. The molecule has 1 heterocycles. The van der Waals surface area contributed by atoms with E-state index >= 15 is 0 Å². The predicted molar refractivity (Wildman–Crippen MR) is 60.7 cm³/mol. The molecule has 3 atom stereocenters. The normalized spacial score (nSPS) is 44.8.